The lowest BCUT2D eigenvalue weighted by atomic mass is 9.87. The highest BCUT2D eigenvalue weighted by Crippen LogP contribution is 2.40. The predicted octanol–water partition coefficient (Wildman–Crippen LogP) is 3.31. The third kappa shape index (κ3) is 1.93. The van der Waals surface area contributed by atoms with Crippen molar-refractivity contribution >= 4 is 34.0 Å². The minimum Gasteiger partial charge on any atom is -0.374 e. The molecule has 1 fully saturated rings. The Bertz CT molecular complexity index is 1110. The number of fused-ring (bicyclic) bond motifs is 3. The first-order chi connectivity index (χ1) is 12.5. The van der Waals surface area contributed by atoms with Gasteiger partial charge in [0.1, 0.15) is 5.84 Å². The fraction of sp³-hybridized carbons (Fsp3) is 0.250. The number of amidine groups is 1. The zero-order valence-corrected chi connectivity index (χ0v) is 14.5. The Kier molecular flexibility index (Phi) is 2.95. The summed E-state index contributed by atoms with van der Waals surface area (Å²) < 4.78 is 5.35. The van der Waals surface area contributed by atoms with E-state index >= 15 is 0 Å². The van der Waals surface area contributed by atoms with Crippen molar-refractivity contribution in [3.8, 4) is 0 Å². The number of ketones is 1. The van der Waals surface area contributed by atoms with Gasteiger partial charge in [0, 0.05) is 35.7 Å². The number of rotatable bonds is 1. The largest absolute Gasteiger partial charge is 0.374 e. The van der Waals surface area contributed by atoms with Gasteiger partial charge in [-0.05, 0) is 38.1 Å². The van der Waals surface area contributed by atoms with Gasteiger partial charge in [-0.1, -0.05) is 16.8 Å². The van der Waals surface area contributed by atoms with Crippen LogP contribution in [0.2, 0.25) is 0 Å². The molecule has 26 heavy (non-hydrogen) atoms. The number of aliphatic hydroxyl groups is 1. The highest BCUT2D eigenvalue weighted by Gasteiger charge is 2.52. The van der Waals surface area contributed by atoms with Crippen molar-refractivity contribution < 1.29 is 14.4 Å². The van der Waals surface area contributed by atoms with E-state index in [1.165, 1.54) is 0 Å². The topological polar surface area (TPSA) is 78.9 Å². The third-order valence-electron chi connectivity index (χ3n) is 5.27. The van der Waals surface area contributed by atoms with Gasteiger partial charge in [-0.15, -0.1) is 0 Å². The van der Waals surface area contributed by atoms with E-state index < -0.39 is 5.60 Å². The maximum atomic E-state index is 13.0. The second-order valence-corrected chi connectivity index (χ2v) is 7.00. The number of aryl methyl sites for hydroxylation is 2. The second-order valence-electron chi connectivity index (χ2n) is 7.00. The van der Waals surface area contributed by atoms with Crippen LogP contribution < -0.4 is 4.90 Å². The molecule has 0 bridgehead atoms. The van der Waals surface area contributed by atoms with Gasteiger partial charge < -0.3 is 14.5 Å². The standard InChI is InChI=1S/C20H17N3O3/c1-11-3-6-16-15(9-11)18(24)20(25)7-8-23(19(20)21-16)13-4-5-14-12(2)22-26-17(14)10-13/h3-6,9-10,25H,7-8H2,1-2H3. The molecule has 6 heteroatoms. The van der Waals surface area contributed by atoms with Gasteiger partial charge in [-0.25, -0.2) is 4.99 Å². The predicted molar refractivity (Wildman–Crippen MR) is 98.3 cm³/mol. The van der Waals surface area contributed by atoms with Crippen LogP contribution >= 0.6 is 0 Å². The van der Waals surface area contributed by atoms with Gasteiger partial charge in [0.2, 0.25) is 5.78 Å². The van der Waals surface area contributed by atoms with Gasteiger partial charge in [-0.3, -0.25) is 4.79 Å². The first-order valence-corrected chi connectivity index (χ1v) is 8.58. The van der Waals surface area contributed by atoms with Gasteiger partial charge in [0.15, 0.2) is 11.2 Å². The molecular formula is C20H17N3O3. The van der Waals surface area contributed by atoms with E-state index in [2.05, 4.69) is 10.1 Å². The van der Waals surface area contributed by atoms with Crippen molar-refractivity contribution in [1.29, 1.82) is 0 Å². The fourth-order valence-electron chi connectivity index (χ4n) is 3.82. The van der Waals surface area contributed by atoms with Crippen LogP contribution in [0.1, 0.15) is 28.0 Å². The molecule has 0 radical (unpaired) electrons. The Morgan fingerprint density at radius 3 is 2.88 bits per heavy atom. The summed E-state index contributed by atoms with van der Waals surface area (Å²) in [6.45, 7) is 4.32. The third-order valence-corrected chi connectivity index (χ3v) is 5.27. The van der Waals surface area contributed by atoms with Gasteiger partial charge >= 0.3 is 0 Å². The Morgan fingerprint density at radius 1 is 1.19 bits per heavy atom. The molecular weight excluding hydrogens is 330 g/mol. The van der Waals surface area contributed by atoms with Crippen LogP contribution in [0.25, 0.3) is 11.0 Å². The molecule has 0 amide bonds. The summed E-state index contributed by atoms with van der Waals surface area (Å²) in [5.41, 5.74) is 2.82. The molecule has 3 aromatic rings. The van der Waals surface area contributed by atoms with E-state index in [4.69, 9.17) is 4.52 Å². The Labute approximate surface area is 149 Å². The average molecular weight is 347 g/mol. The van der Waals surface area contributed by atoms with Crippen molar-refractivity contribution in [3.63, 3.8) is 0 Å². The number of anilines is 1. The summed E-state index contributed by atoms with van der Waals surface area (Å²) in [6, 6.07) is 11.3. The van der Waals surface area contributed by atoms with Gasteiger partial charge in [0.05, 0.1) is 11.4 Å². The maximum Gasteiger partial charge on any atom is 0.204 e. The maximum absolute atomic E-state index is 13.0. The highest BCUT2D eigenvalue weighted by atomic mass is 16.5. The van der Waals surface area contributed by atoms with Crippen LogP contribution in [-0.2, 0) is 0 Å². The molecule has 1 saturated heterocycles. The first-order valence-electron chi connectivity index (χ1n) is 8.58. The van der Waals surface area contributed by atoms with E-state index in [9.17, 15) is 9.90 Å². The molecule has 1 unspecified atom stereocenters. The fourth-order valence-corrected chi connectivity index (χ4v) is 3.82. The molecule has 1 N–H and O–H groups in total. The molecule has 0 spiro atoms. The van der Waals surface area contributed by atoms with Crippen LogP contribution in [0.3, 0.4) is 0 Å². The van der Waals surface area contributed by atoms with Crippen LogP contribution in [0.4, 0.5) is 11.4 Å². The summed E-state index contributed by atoms with van der Waals surface area (Å²) in [4.78, 5) is 19.5. The number of aromatic nitrogens is 1. The van der Waals surface area contributed by atoms with Crippen molar-refractivity contribution in [2.24, 2.45) is 4.99 Å². The number of benzene rings is 2. The van der Waals surface area contributed by atoms with Gasteiger partial charge in [0.25, 0.3) is 0 Å². The zero-order valence-electron chi connectivity index (χ0n) is 14.5. The Hall–Kier alpha value is -2.99. The summed E-state index contributed by atoms with van der Waals surface area (Å²) in [7, 11) is 0. The quantitative estimate of drug-likeness (QED) is 0.730. The van der Waals surface area contributed by atoms with E-state index in [1.807, 2.05) is 49.1 Å². The van der Waals surface area contributed by atoms with Gasteiger partial charge in [-0.2, -0.15) is 0 Å². The lowest BCUT2D eigenvalue weighted by Gasteiger charge is -2.29. The second kappa shape index (κ2) is 5.02. The molecule has 2 aliphatic heterocycles. The molecule has 3 heterocycles. The number of nitrogens with zero attached hydrogens (tertiary/aromatic N) is 3. The SMILES string of the molecule is Cc1ccc2c(c1)C(=O)C1(O)CCN(c3ccc4c(C)noc4c3)C1=N2. The molecule has 2 aliphatic rings. The minimum absolute atomic E-state index is 0.278. The van der Waals surface area contributed by atoms with E-state index in [-0.39, 0.29) is 5.78 Å². The summed E-state index contributed by atoms with van der Waals surface area (Å²) in [5, 5.41) is 16.0. The smallest absolute Gasteiger partial charge is 0.204 e. The van der Waals surface area contributed by atoms with Crippen molar-refractivity contribution in [2.45, 2.75) is 25.9 Å². The van der Waals surface area contributed by atoms with E-state index in [0.717, 1.165) is 22.3 Å². The summed E-state index contributed by atoms with van der Waals surface area (Å²) >= 11 is 0. The van der Waals surface area contributed by atoms with E-state index in [0.29, 0.717) is 35.6 Å². The van der Waals surface area contributed by atoms with Crippen molar-refractivity contribution in [3.05, 3.63) is 53.2 Å². The number of carbonyl (C=O) groups is 1. The highest BCUT2D eigenvalue weighted by molar-refractivity contribution is 6.28. The molecule has 2 aromatic carbocycles. The van der Waals surface area contributed by atoms with Crippen molar-refractivity contribution in [2.75, 3.05) is 11.4 Å². The lowest BCUT2D eigenvalue weighted by molar-refractivity contribution is 0.0602. The number of hydrogen-bond acceptors (Lipinski definition) is 6. The molecule has 1 atom stereocenters. The normalized spacial score (nSPS) is 21.7. The molecule has 0 aliphatic carbocycles. The van der Waals surface area contributed by atoms with Crippen molar-refractivity contribution in [1.82, 2.24) is 5.16 Å². The first kappa shape index (κ1) is 15.3. The molecule has 130 valence electrons. The summed E-state index contributed by atoms with van der Waals surface area (Å²) in [5.74, 6) is 0.106. The minimum atomic E-state index is -1.58. The summed E-state index contributed by atoms with van der Waals surface area (Å²) in [6.07, 6.45) is 0.311. The number of carbonyl (C=O) groups excluding carboxylic acids is 1. The van der Waals surface area contributed by atoms with Crippen LogP contribution in [0, 0.1) is 13.8 Å². The zero-order chi connectivity index (χ0) is 18.1. The number of hydrogen-bond donors (Lipinski definition) is 1. The number of Topliss-reactive ketones (excluding diaryl/α,β-unsaturated/α-hetero) is 1. The molecule has 5 rings (SSSR count). The van der Waals surface area contributed by atoms with E-state index in [1.54, 1.807) is 6.07 Å². The molecule has 0 saturated carbocycles. The Morgan fingerprint density at radius 2 is 2.04 bits per heavy atom. The lowest BCUT2D eigenvalue weighted by Crippen LogP contribution is -2.48. The Balaban J connectivity index is 1.65. The van der Waals surface area contributed by atoms with Crippen LogP contribution in [0.5, 0.6) is 0 Å². The molecule has 6 nitrogen and oxygen atoms in total. The molecule has 1 aromatic heterocycles. The number of aliphatic imine (C=N–C) groups is 1. The monoisotopic (exact) mass is 347 g/mol. The van der Waals surface area contributed by atoms with Crippen LogP contribution in [-0.4, -0.2) is 34.0 Å². The van der Waals surface area contributed by atoms with Crippen LogP contribution in [0.15, 0.2) is 45.9 Å². The average Bonchev–Trinajstić information content (AvgIpc) is 3.17.